The first-order valence-corrected chi connectivity index (χ1v) is 9.93. The van der Waals surface area contributed by atoms with E-state index in [4.69, 9.17) is 0 Å². The molecule has 0 spiro atoms. The van der Waals surface area contributed by atoms with Crippen LogP contribution in [0.4, 0.5) is 32.0 Å². The van der Waals surface area contributed by atoms with E-state index in [9.17, 15) is 39.6 Å². The van der Waals surface area contributed by atoms with Crippen molar-refractivity contribution < 1.29 is 39.6 Å². The zero-order valence-electron chi connectivity index (χ0n) is 14.7. The normalized spacial score (nSPS) is 19.5. The number of carbonyl (C=O) groups is 1. The van der Waals surface area contributed by atoms with Crippen molar-refractivity contribution in [3.8, 4) is 0 Å². The molecule has 1 aliphatic heterocycles. The van der Waals surface area contributed by atoms with Gasteiger partial charge in [0.15, 0.2) is 0 Å². The number of nitrogens with one attached hydrogen (secondary N) is 1. The summed E-state index contributed by atoms with van der Waals surface area (Å²) in [5, 5.41) is 2.07. The molecule has 1 atom stereocenters. The van der Waals surface area contributed by atoms with Crippen molar-refractivity contribution in [2.75, 3.05) is 24.2 Å². The second kappa shape index (κ2) is 7.90. The molecular formula is C16H18F6N2O3S. The van der Waals surface area contributed by atoms with Crippen LogP contribution < -0.4 is 5.32 Å². The largest absolute Gasteiger partial charge is 0.416 e. The predicted molar refractivity (Wildman–Crippen MR) is 88.8 cm³/mol. The highest BCUT2D eigenvalue weighted by Crippen LogP contribution is 2.37. The van der Waals surface area contributed by atoms with Gasteiger partial charge >= 0.3 is 12.4 Å². The van der Waals surface area contributed by atoms with E-state index < -0.39 is 51.0 Å². The molecule has 0 saturated carbocycles. The number of sulfonamides is 1. The lowest BCUT2D eigenvalue weighted by atomic mass is 9.98. The molecule has 5 nitrogen and oxygen atoms in total. The van der Waals surface area contributed by atoms with Gasteiger partial charge in [0.25, 0.3) is 0 Å². The topological polar surface area (TPSA) is 66.5 Å². The number of halogens is 6. The van der Waals surface area contributed by atoms with Gasteiger partial charge in [0, 0.05) is 18.8 Å². The van der Waals surface area contributed by atoms with E-state index in [0.717, 1.165) is 4.31 Å². The third kappa shape index (κ3) is 5.37. The number of piperidine rings is 1. The summed E-state index contributed by atoms with van der Waals surface area (Å²) in [6.07, 6.45) is -9.43. The highest BCUT2D eigenvalue weighted by molar-refractivity contribution is 7.89. The smallest absolute Gasteiger partial charge is 0.326 e. The second-order valence-corrected chi connectivity index (χ2v) is 8.64. The molecule has 1 amide bonds. The van der Waals surface area contributed by atoms with Crippen molar-refractivity contribution in [3.63, 3.8) is 0 Å². The number of hydrogen-bond donors (Lipinski definition) is 1. The van der Waals surface area contributed by atoms with Crippen LogP contribution in [0.5, 0.6) is 0 Å². The first kappa shape index (κ1) is 22.5. The van der Waals surface area contributed by atoms with Crippen molar-refractivity contribution in [1.82, 2.24) is 4.31 Å². The lowest BCUT2D eigenvalue weighted by Crippen LogP contribution is -2.44. The monoisotopic (exact) mass is 432 g/mol. The van der Waals surface area contributed by atoms with Gasteiger partial charge in [0.05, 0.1) is 22.8 Å². The minimum absolute atomic E-state index is 0.0359. The number of nitrogens with zero attached hydrogens (tertiary/aromatic N) is 1. The maximum atomic E-state index is 12.9. The standard InChI is InChI=1S/C16H18F6N2O3S/c1-2-28(26,27)24-5-3-4-10(9-24)14(25)23-13-7-11(15(17,18)19)6-12(8-13)16(20,21)22/h6-8,10H,2-5,9H2,1H3,(H,23,25)/t10-/m1/s1. The molecule has 0 unspecified atom stereocenters. The number of benzene rings is 1. The van der Waals surface area contributed by atoms with Crippen molar-refractivity contribution in [3.05, 3.63) is 29.3 Å². The van der Waals surface area contributed by atoms with Crippen LogP contribution in [0.3, 0.4) is 0 Å². The molecule has 1 aliphatic rings. The van der Waals surface area contributed by atoms with Crippen LogP contribution in [-0.2, 0) is 27.2 Å². The van der Waals surface area contributed by atoms with Crippen molar-refractivity contribution in [2.24, 2.45) is 5.92 Å². The van der Waals surface area contributed by atoms with Crippen LogP contribution in [0, 0.1) is 5.92 Å². The quantitative estimate of drug-likeness (QED) is 0.738. The van der Waals surface area contributed by atoms with Gasteiger partial charge in [-0.1, -0.05) is 0 Å². The minimum atomic E-state index is -5.03. The lowest BCUT2D eigenvalue weighted by Gasteiger charge is -2.31. The van der Waals surface area contributed by atoms with E-state index in [-0.39, 0.29) is 31.3 Å². The molecule has 1 fully saturated rings. The van der Waals surface area contributed by atoms with E-state index in [1.165, 1.54) is 6.92 Å². The van der Waals surface area contributed by atoms with Crippen molar-refractivity contribution in [2.45, 2.75) is 32.1 Å². The van der Waals surface area contributed by atoms with Gasteiger partial charge in [-0.25, -0.2) is 12.7 Å². The van der Waals surface area contributed by atoms with Crippen molar-refractivity contribution in [1.29, 1.82) is 0 Å². The summed E-state index contributed by atoms with van der Waals surface area (Å²) in [6, 6.07) is 0.791. The third-order valence-corrected chi connectivity index (χ3v) is 6.22. The zero-order valence-corrected chi connectivity index (χ0v) is 15.5. The summed E-state index contributed by atoms with van der Waals surface area (Å²) < 4.78 is 102. The highest BCUT2D eigenvalue weighted by Gasteiger charge is 2.37. The average molecular weight is 432 g/mol. The zero-order chi connectivity index (χ0) is 21.3. The Bertz CT molecular complexity index is 804. The summed E-state index contributed by atoms with van der Waals surface area (Å²) in [6.45, 7) is 1.47. The Morgan fingerprint density at radius 3 is 2.11 bits per heavy atom. The van der Waals surface area contributed by atoms with E-state index in [0.29, 0.717) is 18.6 Å². The lowest BCUT2D eigenvalue weighted by molar-refractivity contribution is -0.143. The Kier molecular flexibility index (Phi) is 6.34. The maximum absolute atomic E-state index is 12.9. The Labute approximate surface area is 157 Å². The first-order chi connectivity index (χ1) is 12.7. The number of carbonyl (C=O) groups excluding carboxylic acids is 1. The molecule has 1 aromatic rings. The van der Waals surface area contributed by atoms with Crippen LogP contribution in [0.15, 0.2) is 18.2 Å². The van der Waals surface area contributed by atoms with Crippen molar-refractivity contribution >= 4 is 21.6 Å². The molecule has 1 N–H and O–H groups in total. The highest BCUT2D eigenvalue weighted by atomic mass is 32.2. The van der Waals surface area contributed by atoms with Crippen LogP contribution >= 0.6 is 0 Å². The Morgan fingerprint density at radius 2 is 1.64 bits per heavy atom. The van der Waals surface area contributed by atoms with Gasteiger partial charge in [-0.05, 0) is 38.0 Å². The molecule has 1 saturated heterocycles. The molecule has 0 aromatic heterocycles. The van der Waals surface area contributed by atoms with E-state index in [1.54, 1.807) is 0 Å². The van der Waals surface area contributed by atoms with Gasteiger partial charge in [-0.15, -0.1) is 0 Å². The SMILES string of the molecule is CCS(=O)(=O)N1CCC[C@@H](C(=O)Nc2cc(C(F)(F)F)cc(C(F)(F)F)c2)C1. The average Bonchev–Trinajstić information content (AvgIpc) is 2.60. The summed E-state index contributed by atoms with van der Waals surface area (Å²) >= 11 is 0. The first-order valence-electron chi connectivity index (χ1n) is 8.32. The van der Waals surface area contributed by atoms with Gasteiger partial charge in [0.1, 0.15) is 0 Å². The second-order valence-electron chi connectivity index (χ2n) is 6.38. The minimum Gasteiger partial charge on any atom is -0.326 e. The van der Waals surface area contributed by atoms with E-state index in [1.807, 2.05) is 0 Å². The molecule has 28 heavy (non-hydrogen) atoms. The van der Waals surface area contributed by atoms with E-state index >= 15 is 0 Å². The number of alkyl halides is 6. The van der Waals surface area contributed by atoms with Crippen LogP contribution in [0.25, 0.3) is 0 Å². The predicted octanol–water partition coefficient (Wildman–Crippen LogP) is 3.72. The molecule has 12 heteroatoms. The van der Waals surface area contributed by atoms with Gasteiger partial charge in [-0.2, -0.15) is 26.3 Å². The summed E-state index contributed by atoms with van der Waals surface area (Å²) in [4.78, 5) is 12.4. The molecule has 158 valence electrons. The third-order valence-electron chi connectivity index (χ3n) is 4.37. The molecule has 0 radical (unpaired) electrons. The van der Waals surface area contributed by atoms with E-state index in [2.05, 4.69) is 5.32 Å². The van der Waals surface area contributed by atoms with Gasteiger partial charge in [-0.3, -0.25) is 4.79 Å². The van der Waals surface area contributed by atoms with Crippen LogP contribution in [0.2, 0.25) is 0 Å². The van der Waals surface area contributed by atoms with Gasteiger partial charge in [0.2, 0.25) is 15.9 Å². The summed E-state index contributed by atoms with van der Waals surface area (Å²) in [5.74, 6) is -1.88. The molecule has 0 aliphatic carbocycles. The fourth-order valence-corrected chi connectivity index (χ4v) is 4.04. The Balaban J connectivity index is 2.25. The molecular weight excluding hydrogens is 414 g/mol. The number of rotatable bonds is 4. The fourth-order valence-electron chi connectivity index (χ4n) is 2.86. The fraction of sp³-hybridized carbons (Fsp3) is 0.562. The number of anilines is 1. The number of amides is 1. The van der Waals surface area contributed by atoms with Crippen LogP contribution in [-0.4, -0.2) is 37.5 Å². The summed E-state index contributed by atoms with van der Waals surface area (Å²) in [5.41, 5.74) is -3.74. The summed E-state index contributed by atoms with van der Waals surface area (Å²) in [7, 11) is -3.56. The molecule has 1 heterocycles. The molecule has 2 rings (SSSR count). The Hall–Kier alpha value is -1.82. The molecule has 1 aromatic carbocycles. The van der Waals surface area contributed by atoms with Gasteiger partial charge < -0.3 is 5.32 Å². The Morgan fingerprint density at radius 1 is 1.11 bits per heavy atom. The molecule has 0 bridgehead atoms. The van der Waals surface area contributed by atoms with Crippen LogP contribution in [0.1, 0.15) is 30.9 Å². The number of hydrogen-bond acceptors (Lipinski definition) is 3. The maximum Gasteiger partial charge on any atom is 0.416 e.